The Morgan fingerprint density at radius 2 is 1.97 bits per heavy atom. The number of aliphatic hydroxyl groups is 1. The topological polar surface area (TPSA) is 83.8 Å². The van der Waals surface area contributed by atoms with E-state index in [-0.39, 0.29) is 12.1 Å². The van der Waals surface area contributed by atoms with Gasteiger partial charge in [-0.15, -0.1) is 0 Å². The zero-order valence-corrected chi connectivity index (χ0v) is 20.8. The second kappa shape index (κ2) is 8.53. The van der Waals surface area contributed by atoms with Crippen LogP contribution in [0.4, 0.5) is 11.6 Å². The van der Waals surface area contributed by atoms with Crippen LogP contribution in [0.15, 0.2) is 28.4 Å². The SMILES string of the molecule is C[C@H]1CC2(CCN(c3ncc(Sc4ccnc5c4OCC4(CCC4)N5C)nc3CO)CC2)CO1. The lowest BCUT2D eigenvalue weighted by atomic mass is 9.75. The van der Waals surface area contributed by atoms with Crippen molar-refractivity contribution in [3.05, 3.63) is 24.2 Å². The van der Waals surface area contributed by atoms with Gasteiger partial charge in [0.25, 0.3) is 0 Å². The monoisotopic (exact) mass is 483 g/mol. The molecule has 1 N–H and O–H groups in total. The van der Waals surface area contributed by atoms with E-state index in [2.05, 4.69) is 28.8 Å². The van der Waals surface area contributed by atoms with Gasteiger partial charge in [0.1, 0.15) is 17.3 Å². The van der Waals surface area contributed by atoms with Gasteiger partial charge in [0.2, 0.25) is 0 Å². The molecule has 2 aromatic heterocycles. The van der Waals surface area contributed by atoms with Crippen molar-refractivity contribution in [1.29, 1.82) is 0 Å². The van der Waals surface area contributed by atoms with E-state index in [4.69, 9.17) is 19.4 Å². The maximum Gasteiger partial charge on any atom is 0.175 e. The normalized spacial score (nSPS) is 24.7. The van der Waals surface area contributed by atoms with E-state index in [1.54, 1.807) is 0 Å². The average molecular weight is 484 g/mol. The lowest BCUT2D eigenvalue weighted by molar-refractivity contribution is 0.0975. The summed E-state index contributed by atoms with van der Waals surface area (Å²) < 4.78 is 12.1. The number of hydrogen-bond acceptors (Lipinski definition) is 9. The van der Waals surface area contributed by atoms with E-state index in [0.717, 1.165) is 79.1 Å². The Bertz CT molecular complexity index is 1070. The lowest BCUT2D eigenvalue weighted by Gasteiger charge is -2.51. The molecule has 1 saturated carbocycles. The summed E-state index contributed by atoms with van der Waals surface area (Å²) in [5.41, 5.74) is 1.04. The molecule has 5 heterocycles. The Balaban J connectivity index is 1.19. The predicted octanol–water partition coefficient (Wildman–Crippen LogP) is 3.66. The van der Waals surface area contributed by atoms with E-state index in [9.17, 15) is 5.11 Å². The van der Waals surface area contributed by atoms with Gasteiger partial charge in [-0.2, -0.15) is 0 Å². The van der Waals surface area contributed by atoms with Gasteiger partial charge in [0.15, 0.2) is 17.4 Å². The lowest BCUT2D eigenvalue weighted by Crippen LogP contribution is -2.58. The van der Waals surface area contributed by atoms with Crippen molar-refractivity contribution in [3.8, 4) is 5.75 Å². The van der Waals surface area contributed by atoms with Crippen molar-refractivity contribution in [1.82, 2.24) is 15.0 Å². The van der Waals surface area contributed by atoms with Gasteiger partial charge in [0.05, 0.1) is 35.9 Å². The maximum atomic E-state index is 10.1. The number of aromatic nitrogens is 3. The Labute approximate surface area is 205 Å². The number of aliphatic hydroxyl groups excluding tert-OH is 1. The van der Waals surface area contributed by atoms with E-state index < -0.39 is 0 Å². The fourth-order valence-corrected chi connectivity index (χ4v) is 6.85. The van der Waals surface area contributed by atoms with Gasteiger partial charge >= 0.3 is 0 Å². The van der Waals surface area contributed by atoms with Crippen LogP contribution in [-0.2, 0) is 11.3 Å². The molecule has 2 spiro atoms. The van der Waals surface area contributed by atoms with Crippen LogP contribution in [0.25, 0.3) is 0 Å². The number of hydrogen-bond donors (Lipinski definition) is 1. The number of fused-ring (bicyclic) bond motifs is 1. The Morgan fingerprint density at radius 3 is 2.65 bits per heavy atom. The molecule has 0 aromatic carbocycles. The highest BCUT2D eigenvalue weighted by atomic mass is 32.2. The third kappa shape index (κ3) is 3.72. The molecule has 9 heteroatoms. The average Bonchev–Trinajstić information content (AvgIpc) is 3.19. The molecule has 0 unspecified atom stereocenters. The van der Waals surface area contributed by atoms with Crippen LogP contribution in [0.5, 0.6) is 5.75 Å². The first-order valence-electron chi connectivity index (χ1n) is 12.4. The van der Waals surface area contributed by atoms with Crippen molar-refractivity contribution in [3.63, 3.8) is 0 Å². The van der Waals surface area contributed by atoms with Crippen LogP contribution in [0.3, 0.4) is 0 Å². The van der Waals surface area contributed by atoms with Crippen LogP contribution in [0, 0.1) is 5.41 Å². The predicted molar refractivity (Wildman–Crippen MR) is 131 cm³/mol. The van der Waals surface area contributed by atoms with Gasteiger partial charge in [-0.1, -0.05) is 11.8 Å². The van der Waals surface area contributed by atoms with Gasteiger partial charge < -0.3 is 24.4 Å². The van der Waals surface area contributed by atoms with Gasteiger partial charge in [-0.3, -0.25) is 0 Å². The van der Waals surface area contributed by atoms with Gasteiger partial charge in [-0.25, -0.2) is 15.0 Å². The summed E-state index contributed by atoms with van der Waals surface area (Å²) in [4.78, 5) is 19.7. The summed E-state index contributed by atoms with van der Waals surface area (Å²) in [6.07, 6.45) is 10.9. The second-order valence-electron chi connectivity index (χ2n) is 10.4. The third-order valence-corrected chi connectivity index (χ3v) is 9.28. The Hall–Kier alpha value is -2.10. The zero-order valence-electron chi connectivity index (χ0n) is 20.0. The first-order chi connectivity index (χ1) is 16.5. The van der Waals surface area contributed by atoms with Crippen LogP contribution >= 0.6 is 11.8 Å². The first kappa shape index (κ1) is 22.4. The molecule has 0 bridgehead atoms. The molecule has 34 heavy (non-hydrogen) atoms. The number of rotatable bonds is 4. The largest absolute Gasteiger partial charge is 0.486 e. The molecule has 3 fully saturated rings. The smallest absolute Gasteiger partial charge is 0.175 e. The van der Waals surface area contributed by atoms with E-state index in [0.29, 0.717) is 23.8 Å². The van der Waals surface area contributed by atoms with Crippen LogP contribution in [0.1, 0.15) is 51.1 Å². The minimum Gasteiger partial charge on any atom is -0.486 e. The maximum absolute atomic E-state index is 10.1. The molecular formula is C25H33N5O3S. The van der Waals surface area contributed by atoms with Gasteiger partial charge in [0, 0.05) is 26.3 Å². The van der Waals surface area contributed by atoms with Crippen LogP contribution in [0.2, 0.25) is 0 Å². The molecule has 2 aromatic rings. The minimum atomic E-state index is -0.130. The quantitative estimate of drug-likeness (QED) is 0.700. The number of likely N-dealkylation sites (N-methyl/N-ethyl adjacent to an activating group) is 1. The summed E-state index contributed by atoms with van der Waals surface area (Å²) in [7, 11) is 2.13. The molecule has 6 rings (SSSR count). The molecule has 0 amide bonds. The number of anilines is 2. The molecule has 0 radical (unpaired) electrons. The Morgan fingerprint density at radius 1 is 1.15 bits per heavy atom. The third-order valence-electron chi connectivity index (χ3n) is 8.33. The number of nitrogens with zero attached hydrogens (tertiary/aromatic N) is 5. The van der Waals surface area contributed by atoms with E-state index in [1.807, 2.05) is 18.5 Å². The highest BCUT2D eigenvalue weighted by molar-refractivity contribution is 7.99. The van der Waals surface area contributed by atoms with Crippen molar-refractivity contribution in [2.45, 2.75) is 73.6 Å². The zero-order chi connectivity index (χ0) is 23.3. The molecule has 3 aliphatic heterocycles. The van der Waals surface area contributed by atoms with Gasteiger partial charge in [-0.05, 0) is 56.9 Å². The summed E-state index contributed by atoms with van der Waals surface area (Å²) in [5, 5.41) is 10.9. The minimum absolute atomic E-state index is 0.102. The molecule has 8 nitrogen and oxygen atoms in total. The summed E-state index contributed by atoms with van der Waals surface area (Å²) >= 11 is 1.52. The van der Waals surface area contributed by atoms with E-state index in [1.165, 1.54) is 18.2 Å². The molecule has 4 aliphatic rings. The fraction of sp³-hybridized carbons (Fsp3) is 0.640. The molecule has 1 aliphatic carbocycles. The number of pyridine rings is 1. The standard InChI is InChI=1S/C25H33N5O3S/c1-17-12-24(15-32-17)7-10-30(11-8-24)22-18(14-31)28-20(13-27-22)34-19-4-9-26-23-21(19)33-16-25(29(23)2)5-3-6-25/h4,9,13,17,31H,3,5-8,10-12,14-16H2,1-2H3/t17-/m0/s1. The summed E-state index contributed by atoms with van der Waals surface area (Å²) in [6.45, 7) is 5.44. The molecular weight excluding hydrogens is 450 g/mol. The summed E-state index contributed by atoms with van der Waals surface area (Å²) in [6, 6.07) is 1.97. The van der Waals surface area contributed by atoms with Crippen molar-refractivity contribution >= 4 is 23.4 Å². The first-order valence-corrected chi connectivity index (χ1v) is 13.2. The second-order valence-corrected chi connectivity index (χ2v) is 11.5. The van der Waals surface area contributed by atoms with Crippen LogP contribution in [-0.4, -0.2) is 65.1 Å². The van der Waals surface area contributed by atoms with Crippen molar-refractivity contribution in [2.24, 2.45) is 5.41 Å². The Kier molecular flexibility index (Phi) is 5.61. The fourth-order valence-electron chi connectivity index (χ4n) is 5.99. The van der Waals surface area contributed by atoms with Crippen LogP contribution < -0.4 is 14.5 Å². The van der Waals surface area contributed by atoms with Crippen molar-refractivity contribution < 1.29 is 14.6 Å². The highest BCUT2D eigenvalue weighted by Crippen LogP contribution is 2.49. The number of ether oxygens (including phenoxy) is 2. The number of piperidine rings is 1. The molecule has 1 atom stereocenters. The van der Waals surface area contributed by atoms with E-state index >= 15 is 0 Å². The molecule has 182 valence electrons. The summed E-state index contributed by atoms with van der Waals surface area (Å²) in [5.74, 6) is 2.52. The highest BCUT2D eigenvalue weighted by Gasteiger charge is 2.46. The van der Waals surface area contributed by atoms with Crippen molar-refractivity contribution in [2.75, 3.05) is 43.2 Å². The molecule has 2 saturated heterocycles.